The van der Waals surface area contributed by atoms with E-state index < -0.39 is 92.2 Å². The molecule has 3 aliphatic rings. The van der Waals surface area contributed by atoms with Crippen LogP contribution in [0, 0.1) is 0 Å². The number of ether oxygens (including phenoxy) is 4. The molecule has 182 valence electrons. The molecule has 14 heteroatoms. The Hall–Kier alpha value is -0.560. The van der Waals surface area contributed by atoms with Gasteiger partial charge in [0.25, 0.3) is 0 Å². The van der Waals surface area contributed by atoms with Crippen molar-refractivity contribution in [2.24, 2.45) is 22.9 Å². The molecule has 14 N–H and O–H groups in total. The molecule has 0 unspecified atom stereocenters. The van der Waals surface area contributed by atoms with Gasteiger partial charge in [-0.3, -0.25) is 0 Å². The molecule has 0 aromatic carbocycles. The van der Waals surface area contributed by atoms with Crippen molar-refractivity contribution in [3.63, 3.8) is 0 Å². The Morgan fingerprint density at radius 2 is 1.29 bits per heavy atom. The molecule has 3 fully saturated rings. The number of aliphatic hydroxyl groups excluding tert-OH is 6. The van der Waals surface area contributed by atoms with E-state index in [4.69, 9.17) is 41.9 Å². The van der Waals surface area contributed by atoms with Crippen LogP contribution in [-0.4, -0.2) is 129 Å². The van der Waals surface area contributed by atoms with E-state index in [1.165, 1.54) is 0 Å². The summed E-state index contributed by atoms with van der Waals surface area (Å²) in [6, 6.07) is -2.72. The van der Waals surface area contributed by atoms with E-state index in [1.54, 1.807) is 0 Å². The van der Waals surface area contributed by atoms with Gasteiger partial charge in [0.15, 0.2) is 12.6 Å². The van der Waals surface area contributed by atoms with Crippen LogP contribution in [0.1, 0.15) is 6.42 Å². The van der Waals surface area contributed by atoms with Gasteiger partial charge in [0.05, 0.1) is 18.8 Å². The first kappa shape index (κ1) is 25.1. The van der Waals surface area contributed by atoms with Crippen LogP contribution < -0.4 is 22.9 Å². The van der Waals surface area contributed by atoms with E-state index >= 15 is 0 Å². The lowest BCUT2D eigenvalue weighted by Crippen LogP contribution is -2.68. The van der Waals surface area contributed by atoms with Gasteiger partial charge in [-0.1, -0.05) is 0 Å². The Kier molecular flexibility index (Phi) is 8.21. The van der Waals surface area contributed by atoms with Crippen LogP contribution in [0.15, 0.2) is 0 Å². The number of hydrogen-bond donors (Lipinski definition) is 10. The smallest absolute Gasteiger partial charge is 0.187 e. The van der Waals surface area contributed by atoms with Gasteiger partial charge in [0.2, 0.25) is 0 Å². The first-order chi connectivity index (χ1) is 14.6. The minimum Gasteiger partial charge on any atom is -0.394 e. The quantitative estimate of drug-likeness (QED) is 0.179. The number of rotatable bonds is 6. The van der Waals surface area contributed by atoms with E-state index in [1.807, 2.05) is 0 Å². The Labute approximate surface area is 178 Å². The summed E-state index contributed by atoms with van der Waals surface area (Å²) in [5.41, 5.74) is 23.6. The lowest BCUT2D eigenvalue weighted by molar-refractivity contribution is -0.306. The topological polar surface area (TPSA) is 262 Å². The average molecular weight is 454 g/mol. The maximum absolute atomic E-state index is 10.6. The fraction of sp³-hybridized carbons (Fsp3) is 1.00. The monoisotopic (exact) mass is 454 g/mol. The second kappa shape index (κ2) is 10.1. The second-order valence-electron chi connectivity index (χ2n) is 8.30. The van der Waals surface area contributed by atoms with Gasteiger partial charge in [-0.25, -0.2) is 0 Å². The minimum atomic E-state index is -1.51. The van der Waals surface area contributed by atoms with Crippen molar-refractivity contribution in [3.05, 3.63) is 0 Å². The van der Waals surface area contributed by atoms with Crippen LogP contribution in [0.4, 0.5) is 0 Å². The van der Waals surface area contributed by atoms with E-state index in [0.717, 1.165) is 0 Å². The summed E-state index contributed by atoms with van der Waals surface area (Å²) in [7, 11) is 0. The molecule has 14 nitrogen and oxygen atoms in total. The van der Waals surface area contributed by atoms with Gasteiger partial charge >= 0.3 is 0 Å². The molecule has 0 bridgehead atoms. The van der Waals surface area contributed by atoms with Crippen LogP contribution in [0.25, 0.3) is 0 Å². The van der Waals surface area contributed by atoms with Crippen LogP contribution in [-0.2, 0) is 18.9 Å². The van der Waals surface area contributed by atoms with Crippen molar-refractivity contribution in [3.8, 4) is 0 Å². The molecule has 0 spiro atoms. The molecule has 31 heavy (non-hydrogen) atoms. The summed E-state index contributed by atoms with van der Waals surface area (Å²) in [6.45, 7) is -0.673. The van der Waals surface area contributed by atoms with Gasteiger partial charge < -0.3 is 72.5 Å². The summed E-state index contributed by atoms with van der Waals surface area (Å²) < 4.78 is 22.5. The summed E-state index contributed by atoms with van der Waals surface area (Å²) in [6.07, 6.45) is -13.8. The van der Waals surface area contributed by atoms with Crippen molar-refractivity contribution in [1.29, 1.82) is 0 Å². The highest BCUT2D eigenvalue weighted by molar-refractivity contribution is 5.01. The van der Waals surface area contributed by atoms with Crippen molar-refractivity contribution >= 4 is 0 Å². The Morgan fingerprint density at radius 3 is 1.87 bits per heavy atom. The van der Waals surface area contributed by atoms with E-state index in [0.29, 0.717) is 0 Å². The molecule has 0 aromatic heterocycles. The predicted molar refractivity (Wildman–Crippen MR) is 102 cm³/mol. The summed E-state index contributed by atoms with van der Waals surface area (Å²) in [5.74, 6) is 0. The van der Waals surface area contributed by atoms with E-state index in [-0.39, 0.29) is 13.0 Å². The van der Waals surface area contributed by atoms with Crippen molar-refractivity contribution < 1.29 is 49.6 Å². The molecule has 1 saturated carbocycles. The van der Waals surface area contributed by atoms with Gasteiger partial charge in [-0.2, -0.15) is 0 Å². The van der Waals surface area contributed by atoms with Gasteiger partial charge in [-0.15, -0.1) is 0 Å². The number of nitrogens with two attached hydrogens (primary N) is 4. The molecule has 1 aliphatic carbocycles. The molecular weight excluding hydrogens is 420 g/mol. The van der Waals surface area contributed by atoms with Crippen LogP contribution in [0.5, 0.6) is 0 Å². The Bertz CT molecular complexity index is 591. The highest BCUT2D eigenvalue weighted by Crippen LogP contribution is 2.31. The fourth-order valence-electron chi connectivity index (χ4n) is 4.16. The maximum atomic E-state index is 10.6. The average Bonchev–Trinajstić information content (AvgIpc) is 3.02. The Balaban J connectivity index is 1.78. The summed E-state index contributed by atoms with van der Waals surface area (Å²) >= 11 is 0. The zero-order valence-electron chi connectivity index (χ0n) is 16.8. The van der Waals surface area contributed by atoms with Gasteiger partial charge in [-0.05, 0) is 6.42 Å². The third-order valence-corrected chi connectivity index (χ3v) is 6.13. The van der Waals surface area contributed by atoms with Gasteiger partial charge in [0, 0.05) is 18.6 Å². The second-order valence-corrected chi connectivity index (χ2v) is 8.30. The largest absolute Gasteiger partial charge is 0.394 e. The maximum Gasteiger partial charge on any atom is 0.187 e. The molecule has 2 saturated heterocycles. The fourth-order valence-corrected chi connectivity index (χ4v) is 4.16. The van der Waals surface area contributed by atoms with Crippen molar-refractivity contribution in [1.82, 2.24) is 0 Å². The Morgan fingerprint density at radius 1 is 0.710 bits per heavy atom. The van der Waals surface area contributed by atoms with Crippen molar-refractivity contribution in [2.75, 3.05) is 13.2 Å². The molecular formula is C17H34N4O10. The first-order valence-electron chi connectivity index (χ1n) is 10.2. The molecule has 3 rings (SSSR count). The minimum absolute atomic E-state index is 0.114. The SMILES string of the molecule is NC[C@@H]1O[C@H](O[C@@H]2[C@@H](O[C@@H]3O[C@@H](CO)[C@H](O)[C@H]3O)[C@H](O)[C@@H](N)C[C@H]2N)[C@@H](N)[C@H](O)[C@H]1O. The van der Waals surface area contributed by atoms with Crippen LogP contribution >= 0.6 is 0 Å². The normalized spacial score (nSPS) is 53.6. The molecule has 0 aromatic rings. The first-order valence-corrected chi connectivity index (χ1v) is 10.2. The molecule has 0 radical (unpaired) electrons. The zero-order valence-corrected chi connectivity index (χ0v) is 16.8. The highest BCUT2D eigenvalue weighted by atomic mass is 16.7. The molecule has 2 heterocycles. The number of hydrogen-bond acceptors (Lipinski definition) is 14. The third-order valence-electron chi connectivity index (χ3n) is 6.13. The predicted octanol–water partition coefficient (Wildman–Crippen LogP) is -6.65. The molecule has 14 atom stereocenters. The van der Waals surface area contributed by atoms with Gasteiger partial charge in [0.1, 0.15) is 48.8 Å². The summed E-state index contributed by atoms with van der Waals surface area (Å²) in [5, 5.41) is 60.2. The van der Waals surface area contributed by atoms with Crippen molar-refractivity contribution in [2.45, 2.75) is 92.1 Å². The van der Waals surface area contributed by atoms with Crippen LogP contribution in [0.2, 0.25) is 0 Å². The molecule has 0 amide bonds. The lowest BCUT2D eigenvalue weighted by atomic mass is 9.84. The lowest BCUT2D eigenvalue weighted by Gasteiger charge is -2.47. The highest BCUT2D eigenvalue weighted by Gasteiger charge is 2.52. The van der Waals surface area contributed by atoms with Crippen LogP contribution in [0.3, 0.4) is 0 Å². The summed E-state index contributed by atoms with van der Waals surface area (Å²) in [4.78, 5) is 0. The van der Waals surface area contributed by atoms with E-state index in [9.17, 15) is 30.6 Å². The zero-order chi connectivity index (χ0) is 23.0. The van der Waals surface area contributed by atoms with E-state index in [2.05, 4.69) is 0 Å². The molecule has 2 aliphatic heterocycles. The number of aliphatic hydroxyl groups is 6. The third kappa shape index (κ3) is 4.87. The standard InChI is InChI=1S/C17H34N4O10/c18-2-6-10(24)12(26)8(21)16(28-6)30-14-5(20)1-4(19)9(23)15(14)31-17-13(27)11(25)7(3-22)29-17/h4-17,22-27H,1-3,18-21H2/t4-,5+,6-,7-,8-,9+,10-,11-,12-,13+,14-,15-,16+,17-/m0/s1.